The van der Waals surface area contributed by atoms with Gasteiger partial charge in [0.2, 0.25) is 0 Å². The Labute approximate surface area is 130 Å². The molecule has 19 heavy (non-hydrogen) atoms. The molecule has 2 aromatic rings. The maximum atomic E-state index is 6.06. The lowest BCUT2D eigenvalue weighted by molar-refractivity contribution is 0.414. The van der Waals surface area contributed by atoms with Gasteiger partial charge in [0.05, 0.1) is 17.8 Å². The molecule has 0 N–H and O–H groups in total. The molecule has 0 saturated heterocycles. The van der Waals surface area contributed by atoms with Crippen LogP contribution < -0.4 is 4.74 Å². The van der Waals surface area contributed by atoms with Gasteiger partial charge in [0, 0.05) is 21.3 Å². The maximum Gasteiger partial charge on any atom is 0.146 e. The highest BCUT2D eigenvalue weighted by atomic mass is 79.9. The number of hydrogen-bond acceptors (Lipinski definition) is 2. The fraction of sp³-hybridized carbons (Fsp3) is 0.0714. The molecule has 0 spiro atoms. The molecule has 0 aliphatic heterocycles. The number of aliphatic imine (C=N–C) groups is 1. The molecule has 0 atom stereocenters. The van der Waals surface area contributed by atoms with Crippen LogP contribution in [0.2, 0.25) is 10.0 Å². The van der Waals surface area contributed by atoms with Crippen LogP contribution in [0.3, 0.4) is 0 Å². The molecule has 5 heteroatoms. The molecule has 2 nitrogen and oxygen atoms in total. The summed E-state index contributed by atoms with van der Waals surface area (Å²) in [7, 11) is 1.56. The minimum absolute atomic E-state index is 0.465. The molecule has 0 radical (unpaired) electrons. The number of halogens is 3. The Bertz CT molecular complexity index is 612. The van der Waals surface area contributed by atoms with Gasteiger partial charge in [-0.15, -0.1) is 0 Å². The number of nitrogens with zero attached hydrogens (tertiary/aromatic N) is 1. The van der Waals surface area contributed by atoms with Gasteiger partial charge in [0.25, 0.3) is 0 Å². The fourth-order valence-electron chi connectivity index (χ4n) is 1.56. The average Bonchev–Trinajstić information content (AvgIpc) is 2.37. The van der Waals surface area contributed by atoms with Crippen LogP contribution in [0, 0.1) is 0 Å². The summed E-state index contributed by atoms with van der Waals surface area (Å²) in [4.78, 5) is 4.37. The van der Waals surface area contributed by atoms with Crippen molar-refractivity contribution in [1.29, 1.82) is 0 Å². The smallest absolute Gasteiger partial charge is 0.146 e. The summed E-state index contributed by atoms with van der Waals surface area (Å²) in [6, 6.07) is 11.1. The Hall–Kier alpha value is -1.03. The topological polar surface area (TPSA) is 21.6 Å². The van der Waals surface area contributed by atoms with E-state index >= 15 is 0 Å². The van der Waals surface area contributed by atoms with Crippen LogP contribution in [0.25, 0.3) is 0 Å². The molecule has 0 aliphatic carbocycles. The van der Waals surface area contributed by atoms with Crippen molar-refractivity contribution in [3.63, 3.8) is 0 Å². The number of ether oxygens (including phenoxy) is 1. The van der Waals surface area contributed by atoms with E-state index in [9.17, 15) is 0 Å². The van der Waals surface area contributed by atoms with Crippen molar-refractivity contribution < 1.29 is 4.74 Å². The molecular formula is C14H10BrCl2NO. The zero-order valence-electron chi connectivity index (χ0n) is 10.0. The van der Waals surface area contributed by atoms with Crippen LogP contribution in [0.15, 0.2) is 45.9 Å². The third kappa shape index (κ3) is 3.72. The van der Waals surface area contributed by atoms with Gasteiger partial charge in [0.1, 0.15) is 5.75 Å². The van der Waals surface area contributed by atoms with E-state index in [4.69, 9.17) is 27.9 Å². The summed E-state index contributed by atoms with van der Waals surface area (Å²) in [5, 5.41) is 1.01. The van der Waals surface area contributed by atoms with Gasteiger partial charge < -0.3 is 4.74 Å². The van der Waals surface area contributed by atoms with Gasteiger partial charge in [-0.05, 0) is 36.4 Å². The van der Waals surface area contributed by atoms with Crippen LogP contribution in [-0.2, 0) is 0 Å². The summed E-state index contributed by atoms with van der Waals surface area (Å²) < 4.78 is 6.26. The van der Waals surface area contributed by atoms with Crippen molar-refractivity contribution in [2.45, 2.75) is 0 Å². The molecule has 0 heterocycles. The Kier molecular flexibility index (Phi) is 4.86. The first kappa shape index (κ1) is 14.4. The summed E-state index contributed by atoms with van der Waals surface area (Å²) in [6.45, 7) is 0. The van der Waals surface area contributed by atoms with E-state index in [0.29, 0.717) is 15.8 Å². The maximum absolute atomic E-state index is 6.06. The molecule has 0 amide bonds. The summed E-state index contributed by atoms with van der Waals surface area (Å²) in [6.07, 6.45) is 1.68. The second-order valence-corrected chi connectivity index (χ2v) is 5.50. The molecule has 2 aromatic carbocycles. The fourth-order valence-corrected chi connectivity index (χ4v) is 2.41. The standard InChI is InChI=1S/C14H10BrCl2NO/c1-19-14-9(6-11(16)7-13(14)17)8-18-12-4-2-10(15)3-5-12/h2-8H,1H3. The summed E-state index contributed by atoms with van der Waals surface area (Å²) in [5.74, 6) is 0.562. The largest absolute Gasteiger partial charge is 0.495 e. The van der Waals surface area contributed by atoms with Crippen molar-refractivity contribution in [3.05, 3.63) is 56.5 Å². The molecule has 0 saturated carbocycles. The third-order valence-corrected chi connectivity index (χ3v) is 3.45. The van der Waals surface area contributed by atoms with E-state index in [1.807, 2.05) is 24.3 Å². The van der Waals surface area contributed by atoms with Gasteiger partial charge in [-0.1, -0.05) is 39.1 Å². The predicted octanol–water partition coefficient (Wildman–Crippen LogP) is 5.52. The van der Waals surface area contributed by atoms with Gasteiger partial charge >= 0.3 is 0 Å². The van der Waals surface area contributed by atoms with Crippen molar-refractivity contribution in [1.82, 2.24) is 0 Å². The summed E-state index contributed by atoms with van der Waals surface area (Å²) >= 11 is 15.4. The van der Waals surface area contributed by atoms with Gasteiger partial charge in [-0.3, -0.25) is 4.99 Å². The highest BCUT2D eigenvalue weighted by molar-refractivity contribution is 9.10. The number of methoxy groups -OCH3 is 1. The lowest BCUT2D eigenvalue weighted by Gasteiger charge is -2.07. The quantitative estimate of drug-likeness (QED) is 0.662. The molecule has 0 unspecified atom stereocenters. The van der Waals surface area contributed by atoms with E-state index in [0.717, 1.165) is 15.7 Å². The number of benzene rings is 2. The van der Waals surface area contributed by atoms with E-state index in [2.05, 4.69) is 20.9 Å². The lowest BCUT2D eigenvalue weighted by Crippen LogP contribution is -1.92. The average molecular weight is 359 g/mol. The van der Waals surface area contributed by atoms with E-state index < -0.39 is 0 Å². The minimum atomic E-state index is 0.465. The monoisotopic (exact) mass is 357 g/mol. The molecule has 0 aromatic heterocycles. The van der Waals surface area contributed by atoms with Crippen molar-refractivity contribution in [2.75, 3.05) is 7.11 Å². The molecule has 98 valence electrons. The van der Waals surface area contributed by atoms with Crippen molar-refractivity contribution in [2.24, 2.45) is 4.99 Å². The minimum Gasteiger partial charge on any atom is -0.495 e. The first-order chi connectivity index (χ1) is 9.10. The Balaban J connectivity index is 2.34. The lowest BCUT2D eigenvalue weighted by atomic mass is 10.2. The SMILES string of the molecule is COc1c(Cl)cc(Cl)cc1C=Nc1ccc(Br)cc1. The molecule has 2 rings (SSSR count). The Morgan fingerprint density at radius 3 is 2.47 bits per heavy atom. The van der Waals surface area contributed by atoms with E-state index in [-0.39, 0.29) is 0 Å². The Morgan fingerprint density at radius 1 is 1.16 bits per heavy atom. The molecular weight excluding hydrogens is 349 g/mol. The molecule has 0 fully saturated rings. The second kappa shape index (κ2) is 6.42. The van der Waals surface area contributed by atoms with Crippen LogP contribution >= 0.6 is 39.1 Å². The number of rotatable bonds is 3. The first-order valence-corrected chi connectivity index (χ1v) is 6.97. The van der Waals surface area contributed by atoms with Gasteiger partial charge in [-0.25, -0.2) is 0 Å². The van der Waals surface area contributed by atoms with Crippen molar-refractivity contribution in [3.8, 4) is 5.75 Å². The normalized spacial score (nSPS) is 10.9. The zero-order valence-corrected chi connectivity index (χ0v) is 13.1. The van der Waals surface area contributed by atoms with E-state index in [1.165, 1.54) is 0 Å². The summed E-state index contributed by atoms with van der Waals surface area (Å²) in [5.41, 5.74) is 1.57. The Morgan fingerprint density at radius 2 is 1.84 bits per heavy atom. The van der Waals surface area contributed by atoms with Crippen LogP contribution in [0.1, 0.15) is 5.56 Å². The third-order valence-electron chi connectivity index (χ3n) is 2.42. The van der Waals surface area contributed by atoms with Crippen molar-refractivity contribution >= 4 is 51.0 Å². The van der Waals surface area contributed by atoms with Crippen LogP contribution in [0.4, 0.5) is 5.69 Å². The second-order valence-electron chi connectivity index (χ2n) is 3.74. The van der Waals surface area contributed by atoms with Crippen LogP contribution in [0.5, 0.6) is 5.75 Å². The highest BCUT2D eigenvalue weighted by Crippen LogP contribution is 2.31. The van der Waals surface area contributed by atoms with Crippen LogP contribution in [-0.4, -0.2) is 13.3 Å². The molecule has 0 aliphatic rings. The van der Waals surface area contributed by atoms with Gasteiger partial charge in [0.15, 0.2) is 0 Å². The highest BCUT2D eigenvalue weighted by Gasteiger charge is 2.07. The molecule has 0 bridgehead atoms. The van der Waals surface area contributed by atoms with Gasteiger partial charge in [-0.2, -0.15) is 0 Å². The predicted molar refractivity (Wildman–Crippen MR) is 84.4 cm³/mol. The zero-order chi connectivity index (χ0) is 13.8. The number of hydrogen-bond donors (Lipinski definition) is 0. The first-order valence-electron chi connectivity index (χ1n) is 5.43. The van der Waals surface area contributed by atoms with E-state index in [1.54, 1.807) is 25.5 Å².